The molecule has 3 heterocycles. The van der Waals surface area contributed by atoms with E-state index >= 15 is 0 Å². The molecule has 0 spiro atoms. The van der Waals surface area contributed by atoms with E-state index in [0.29, 0.717) is 26.2 Å². The third-order valence-corrected chi connectivity index (χ3v) is 7.37. The zero-order chi connectivity index (χ0) is 27.5. The number of carbonyl (C=O) groups excluding carboxylic acids is 1. The normalized spacial score (nSPS) is 14.0. The summed E-state index contributed by atoms with van der Waals surface area (Å²) in [7, 11) is 0. The largest absolute Gasteiger partial charge is 0.494 e. The summed E-state index contributed by atoms with van der Waals surface area (Å²) in [6.07, 6.45) is 2.12. The summed E-state index contributed by atoms with van der Waals surface area (Å²) < 4.78 is 21.6. The van der Waals surface area contributed by atoms with Crippen LogP contribution in [0.25, 0.3) is 28.0 Å². The molecule has 6 nitrogen and oxygen atoms in total. The third-order valence-electron chi connectivity index (χ3n) is 7.37. The Morgan fingerprint density at radius 3 is 2.35 bits per heavy atom. The molecule has 0 unspecified atom stereocenters. The van der Waals surface area contributed by atoms with Gasteiger partial charge in [-0.3, -0.25) is 9.69 Å². The van der Waals surface area contributed by atoms with Crippen LogP contribution in [-0.2, 0) is 6.54 Å². The third kappa shape index (κ3) is 5.33. The fraction of sp³-hybridized carbons (Fsp3) is 0.212. The molecule has 0 saturated carbocycles. The lowest BCUT2D eigenvalue weighted by atomic mass is 10.1. The first-order chi connectivity index (χ1) is 19.6. The number of rotatable bonds is 7. The Morgan fingerprint density at radius 2 is 1.60 bits per heavy atom. The van der Waals surface area contributed by atoms with Crippen molar-refractivity contribution in [3.05, 3.63) is 114 Å². The van der Waals surface area contributed by atoms with Gasteiger partial charge in [-0.15, -0.1) is 0 Å². The van der Waals surface area contributed by atoms with E-state index < -0.39 is 0 Å². The molecule has 0 bridgehead atoms. The van der Waals surface area contributed by atoms with Gasteiger partial charge in [-0.2, -0.15) is 0 Å². The topological polar surface area (TPSA) is 50.1 Å². The van der Waals surface area contributed by atoms with Gasteiger partial charge in [0.15, 0.2) is 0 Å². The second-order valence-electron chi connectivity index (χ2n) is 9.96. The average Bonchev–Trinajstić information content (AvgIpc) is 3.35. The molecule has 1 amide bonds. The van der Waals surface area contributed by atoms with Crippen molar-refractivity contribution < 1.29 is 13.9 Å². The summed E-state index contributed by atoms with van der Waals surface area (Å²) in [5.41, 5.74) is 6.41. The summed E-state index contributed by atoms with van der Waals surface area (Å²) in [6.45, 7) is 6.07. The number of aromatic nitrogens is 2. The molecule has 0 atom stereocenters. The number of imidazole rings is 1. The Bertz CT molecular complexity index is 1620. The maximum absolute atomic E-state index is 13.8. The van der Waals surface area contributed by atoms with E-state index in [1.54, 1.807) is 12.1 Å². The zero-order valence-electron chi connectivity index (χ0n) is 22.5. The van der Waals surface area contributed by atoms with Crippen molar-refractivity contribution in [1.29, 1.82) is 0 Å². The molecular weight excluding hydrogens is 503 g/mol. The molecule has 0 aliphatic carbocycles. The van der Waals surface area contributed by atoms with Crippen LogP contribution in [0.1, 0.15) is 23.0 Å². The smallest absolute Gasteiger partial charge is 0.253 e. The molecule has 1 aliphatic rings. The van der Waals surface area contributed by atoms with Crippen LogP contribution in [0, 0.1) is 5.82 Å². The number of carbonyl (C=O) groups is 1. The second-order valence-corrected chi connectivity index (χ2v) is 9.96. The van der Waals surface area contributed by atoms with Crippen LogP contribution in [0.5, 0.6) is 5.75 Å². The highest BCUT2D eigenvalue weighted by Crippen LogP contribution is 2.30. The van der Waals surface area contributed by atoms with Gasteiger partial charge in [0.2, 0.25) is 0 Å². The van der Waals surface area contributed by atoms with Gasteiger partial charge in [0.05, 0.1) is 18.0 Å². The van der Waals surface area contributed by atoms with E-state index in [0.717, 1.165) is 58.1 Å². The summed E-state index contributed by atoms with van der Waals surface area (Å²) >= 11 is 0. The molecule has 0 radical (unpaired) electrons. The fourth-order valence-electron chi connectivity index (χ4n) is 5.27. The van der Waals surface area contributed by atoms with Crippen LogP contribution in [0.2, 0.25) is 0 Å². The maximum atomic E-state index is 13.8. The minimum atomic E-state index is -0.273. The zero-order valence-corrected chi connectivity index (χ0v) is 22.5. The van der Waals surface area contributed by atoms with E-state index in [1.165, 1.54) is 12.1 Å². The number of piperazine rings is 1. The molecule has 1 aliphatic heterocycles. The molecule has 6 rings (SSSR count). The van der Waals surface area contributed by atoms with Gasteiger partial charge >= 0.3 is 0 Å². The monoisotopic (exact) mass is 534 g/mol. The number of halogens is 1. The SMILES string of the molecule is CCOc1cccc(-c2ccc3nc(-c4ccc(F)cc4)c(CN4CCN(C(=O)c5ccccc5)CC4)n3c2)c1. The van der Waals surface area contributed by atoms with Gasteiger partial charge in [-0.1, -0.05) is 30.3 Å². The number of pyridine rings is 1. The second kappa shape index (κ2) is 11.3. The molecule has 202 valence electrons. The van der Waals surface area contributed by atoms with E-state index in [2.05, 4.69) is 27.6 Å². The van der Waals surface area contributed by atoms with E-state index in [4.69, 9.17) is 9.72 Å². The standard InChI is InChI=1S/C33H31FN4O2/c1-2-40-29-10-6-9-26(21-29)27-13-16-31-35-32(24-11-14-28(34)15-12-24)30(38(31)22-27)23-36-17-19-37(20-18-36)33(39)25-7-4-3-5-8-25/h3-16,21-22H,2,17-20,23H2,1H3. The highest BCUT2D eigenvalue weighted by molar-refractivity contribution is 5.94. The summed E-state index contributed by atoms with van der Waals surface area (Å²) in [4.78, 5) is 22.2. The van der Waals surface area contributed by atoms with Gasteiger partial charge in [0.25, 0.3) is 5.91 Å². The molecule has 0 N–H and O–H groups in total. The number of benzene rings is 3. The first-order valence-electron chi connectivity index (χ1n) is 13.7. The molecular formula is C33H31FN4O2. The first-order valence-corrected chi connectivity index (χ1v) is 13.7. The minimum Gasteiger partial charge on any atom is -0.494 e. The van der Waals surface area contributed by atoms with Gasteiger partial charge < -0.3 is 14.0 Å². The Kier molecular flexibility index (Phi) is 7.29. The van der Waals surface area contributed by atoms with Crippen molar-refractivity contribution in [2.75, 3.05) is 32.8 Å². The van der Waals surface area contributed by atoms with Gasteiger partial charge in [0.1, 0.15) is 17.2 Å². The highest BCUT2D eigenvalue weighted by atomic mass is 19.1. The van der Waals surface area contributed by atoms with Gasteiger partial charge in [-0.05, 0) is 78.7 Å². The average molecular weight is 535 g/mol. The van der Waals surface area contributed by atoms with E-state index in [9.17, 15) is 9.18 Å². The van der Waals surface area contributed by atoms with Crippen molar-refractivity contribution >= 4 is 11.6 Å². The molecule has 1 saturated heterocycles. The van der Waals surface area contributed by atoms with Crippen molar-refractivity contribution in [1.82, 2.24) is 19.2 Å². The quantitative estimate of drug-likeness (QED) is 0.251. The van der Waals surface area contributed by atoms with Crippen molar-refractivity contribution in [3.8, 4) is 28.1 Å². The number of nitrogens with zero attached hydrogens (tertiary/aromatic N) is 4. The Balaban J connectivity index is 1.31. The lowest BCUT2D eigenvalue weighted by molar-refractivity contribution is 0.0627. The van der Waals surface area contributed by atoms with Gasteiger partial charge in [0, 0.05) is 50.0 Å². The number of amides is 1. The molecule has 2 aromatic heterocycles. The van der Waals surface area contributed by atoms with Gasteiger partial charge in [-0.25, -0.2) is 9.37 Å². The van der Waals surface area contributed by atoms with Crippen LogP contribution >= 0.6 is 0 Å². The predicted octanol–water partition coefficient (Wildman–Crippen LogP) is 6.16. The van der Waals surface area contributed by atoms with Crippen molar-refractivity contribution in [2.45, 2.75) is 13.5 Å². The van der Waals surface area contributed by atoms with Crippen LogP contribution in [0.3, 0.4) is 0 Å². The number of fused-ring (bicyclic) bond motifs is 1. The van der Waals surface area contributed by atoms with Crippen LogP contribution in [-0.4, -0.2) is 57.9 Å². The lowest BCUT2D eigenvalue weighted by Gasteiger charge is -2.34. The van der Waals surface area contributed by atoms with Crippen LogP contribution in [0.15, 0.2) is 97.2 Å². The summed E-state index contributed by atoms with van der Waals surface area (Å²) in [6, 6.07) is 28.1. The van der Waals surface area contributed by atoms with E-state index in [-0.39, 0.29) is 11.7 Å². The van der Waals surface area contributed by atoms with E-state index in [1.807, 2.05) is 66.4 Å². The highest BCUT2D eigenvalue weighted by Gasteiger charge is 2.24. The number of ether oxygens (including phenoxy) is 1. The Hall–Kier alpha value is -4.49. The Morgan fingerprint density at radius 1 is 0.850 bits per heavy atom. The first kappa shape index (κ1) is 25.8. The molecule has 3 aromatic carbocycles. The summed E-state index contributed by atoms with van der Waals surface area (Å²) in [5, 5.41) is 0. The van der Waals surface area contributed by atoms with Crippen LogP contribution < -0.4 is 4.74 Å². The summed E-state index contributed by atoms with van der Waals surface area (Å²) in [5.74, 6) is 0.631. The molecule has 7 heteroatoms. The molecule has 40 heavy (non-hydrogen) atoms. The predicted molar refractivity (Wildman–Crippen MR) is 155 cm³/mol. The molecule has 5 aromatic rings. The van der Waals surface area contributed by atoms with Crippen molar-refractivity contribution in [3.63, 3.8) is 0 Å². The fourth-order valence-corrected chi connectivity index (χ4v) is 5.27. The number of hydrogen-bond acceptors (Lipinski definition) is 4. The minimum absolute atomic E-state index is 0.0704. The van der Waals surface area contributed by atoms with Crippen LogP contribution in [0.4, 0.5) is 4.39 Å². The lowest BCUT2D eigenvalue weighted by Crippen LogP contribution is -2.48. The van der Waals surface area contributed by atoms with Crippen molar-refractivity contribution in [2.24, 2.45) is 0 Å². The number of hydrogen-bond donors (Lipinski definition) is 0. The maximum Gasteiger partial charge on any atom is 0.253 e. The Labute approximate surface area is 233 Å². The molecule has 1 fully saturated rings.